The second-order valence-electron chi connectivity index (χ2n) is 7.58. The van der Waals surface area contributed by atoms with Gasteiger partial charge in [0.1, 0.15) is 5.65 Å². The van der Waals surface area contributed by atoms with Crippen LogP contribution in [0, 0.1) is 13.8 Å². The summed E-state index contributed by atoms with van der Waals surface area (Å²) in [6, 6.07) is 12.1. The van der Waals surface area contributed by atoms with Gasteiger partial charge in [0, 0.05) is 11.9 Å². The van der Waals surface area contributed by atoms with Crippen molar-refractivity contribution >= 4 is 17.2 Å². The lowest BCUT2D eigenvalue weighted by atomic mass is 9.87. The molecule has 0 fully saturated rings. The number of anilines is 1. The Morgan fingerprint density at radius 3 is 2.44 bits per heavy atom. The molecule has 1 amide bonds. The zero-order valence-electron chi connectivity index (χ0n) is 15.6. The largest absolute Gasteiger partial charge is 0.326 e. The third kappa shape index (κ3) is 3.58. The number of hydrogen-bond acceptors (Lipinski definition) is 2. The van der Waals surface area contributed by atoms with Gasteiger partial charge in [-0.25, -0.2) is 4.98 Å². The van der Waals surface area contributed by atoms with Crippen LogP contribution in [0.4, 0.5) is 5.69 Å². The van der Waals surface area contributed by atoms with E-state index < -0.39 is 0 Å². The number of nitrogens with one attached hydrogen (secondary N) is 1. The summed E-state index contributed by atoms with van der Waals surface area (Å²) in [4.78, 5) is 17.1. The SMILES string of the molecule is Cc1nc2c(C)cccn2c1CC(=O)Nc1ccc(C(C)(C)C)cc1. The molecule has 3 rings (SSSR count). The van der Waals surface area contributed by atoms with Crippen molar-refractivity contribution in [3.05, 3.63) is 65.1 Å². The van der Waals surface area contributed by atoms with Crippen molar-refractivity contribution < 1.29 is 4.79 Å². The minimum absolute atomic E-state index is 0.0325. The van der Waals surface area contributed by atoms with E-state index in [2.05, 4.69) is 43.2 Å². The van der Waals surface area contributed by atoms with Gasteiger partial charge >= 0.3 is 0 Å². The molecule has 0 radical (unpaired) electrons. The van der Waals surface area contributed by atoms with E-state index >= 15 is 0 Å². The van der Waals surface area contributed by atoms with Crippen LogP contribution in [0.2, 0.25) is 0 Å². The summed E-state index contributed by atoms with van der Waals surface area (Å²) in [5.41, 5.74) is 6.02. The highest BCUT2D eigenvalue weighted by Gasteiger charge is 2.15. The lowest BCUT2D eigenvalue weighted by molar-refractivity contribution is -0.115. The molecule has 1 N–H and O–H groups in total. The van der Waals surface area contributed by atoms with Crippen LogP contribution in [0.15, 0.2) is 42.6 Å². The number of amides is 1. The lowest BCUT2D eigenvalue weighted by Gasteiger charge is -2.19. The number of carbonyl (C=O) groups is 1. The molecule has 4 nitrogen and oxygen atoms in total. The van der Waals surface area contributed by atoms with Crippen LogP contribution in [-0.4, -0.2) is 15.3 Å². The van der Waals surface area contributed by atoms with Gasteiger partial charge in [0.25, 0.3) is 0 Å². The highest BCUT2D eigenvalue weighted by molar-refractivity contribution is 5.92. The maximum atomic E-state index is 12.5. The molecular weight excluding hydrogens is 310 g/mol. The van der Waals surface area contributed by atoms with E-state index in [0.717, 1.165) is 28.3 Å². The number of benzene rings is 1. The maximum Gasteiger partial charge on any atom is 0.230 e. The molecule has 0 aliphatic heterocycles. The predicted molar refractivity (Wildman–Crippen MR) is 102 cm³/mol. The topological polar surface area (TPSA) is 46.4 Å². The van der Waals surface area contributed by atoms with Crippen molar-refractivity contribution in [3.8, 4) is 0 Å². The second kappa shape index (κ2) is 6.36. The number of hydrogen-bond donors (Lipinski definition) is 1. The Bertz CT molecular complexity index is 915. The van der Waals surface area contributed by atoms with Gasteiger partial charge in [-0.1, -0.05) is 39.0 Å². The first-order valence-corrected chi connectivity index (χ1v) is 8.59. The zero-order valence-corrected chi connectivity index (χ0v) is 15.6. The van der Waals surface area contributed by atoms with Gasteiger partial charge in [0.05, 0.1) is 17.8 Å². The number of pyridine rings is 1. The molecule has 3 aromatic rings. The van der Waals surface area contributed by atoms with E-state index in [4.69, 9.17) is 0 Å². The highest BCUT2D eigenvalue weighted by Crippen LogP contribution is 2.23. The van der Waals surface area contributed by atoms with Crippen molar-refractivity contribution in [2.45, 2.75) is 46.5 Å². The Balaban J connectivity index is 1.77. The molecule has 2 aromatic heterocycles. The summed E-state index contributed by atoms with van der Waals surface area (Å²) in [5.74, 6) is -0.0325. The Hall–Kier alpha value is -2.62. The molecule has 0 bridgehead atoms. The van der Waals surface area contributed by atoms with Gasteiger partial charge in [0.2, 0.25) is 5.91 Å². The molecule has 0 aliphatic carbocycles. The minimum atomic E-state index is -0.0325. The van der Waals surface area contributed by atoms with E-state index in [9.17, 15) is 4.79 Å². The number of rotatable bonds is 3. The van der Waals surface area contributed by atoms with E-state index in [1.165, 1.54) is 5.56 Å². The number of imidazole rings is 1. The Kier molecular flexibility index (Phi) is 4.38. The van der Waals surface area contributed by atoms with Crippen LogP contribution < -0.4 is 5.32 Å². The molecule has 25 heavy (non-hydrogen) atoms. The normalized spacial score (nSPS) is 11.7. The average molecular weight is 335 g/mol. The first-order chi connectivity index (χ1) is 11.8. The van der Waals surface area contributed by atoms with Crippen molar-refractivity contribution in [3.63, 3.8) is 0 Å². The third-order valence-corrected chi connectivity index (χ3v) is 4.51. The fourth-order valence-electron chi connectivity index (χ4n) is 2.99. The molecule has 0 atom stereocenters. The summed E-state index contributed by atoms with van der Waals surface area (Å²) in [6.07, 6.45) is 2.26. The quantitative estimate of drug-likeness (QED) is 0.769. The van der Waals surface area contributed by atoms with E-state index in [-0.39, 0.29) is 11.3 Å². The number of aryl methyl sites for hydroxylation is 2. The molecule has 0 unspecified atom stereocenters. The second-order valence-corrected chi connectivity index (χ2v) is 7.58. The molecule has 2 heterocycles. The smallest absolute Gasteiger partial charge is 0.230 e. The Morgan fingerprint density at radius 2 is 1.80 bits per heavy atom. The van der Waals surface area contributed by atoms with E-state index in [1.54, 1.807) is 0 Å². The van der Waals surface area contributed by atoms with Crippen molar-refractivity contribution in [1.82, 2.24) is 9.38 Å². The summed E-state index contributed by atoms with van der Waals surface area (Å²) >= 11 is 0. The molecule has 0 saturated heterocycles. The van der Waals surface area contributed by atoms with Gasteiger partial charge in [-0.3, -0.25) is 4.79 Å². The van der Waals surface area contributed by atoms with Gasteiger partial charge in [-0.2, -0.15) is 0 Å². The van der Waals surface area contributed by atoms with Crippen LogP contribution in [0.25, 0.3) is 5.65 Å². The fourth-order valence-corrected chi connectivity index (χ4v) is 2.99. The number of nitrogens with zero attached hydrogens (tertiary/aromatic N) is 2. The fraction of sp³-hybridized carbons (Fsp3) is 0.333. The number of carbonyl (C=O) groups excluding carboxylic acids is 1. The van der Waals surface area contributed by atoms with Crippen LogP contribution in [0.5, 0.6) is 0 Å². The summed E-state index contributed by atoms with van der Waals surface area (Å²) in [7, 11) is 0. The molecule has 4 heteroatoms. The Labute approximate surface area is 148 Å². The average Bonchev–Trinajstić information content (AvgIpc) is 2.85. The van der Waals surface area contributed by atoms with Crippen LogP contribution >= 0.6 is 0 Å². The first-order valence-electron chi connectivity index (χ1n) is 8.59. The minimum Gasteiger partial charge on any atom is -0.326 e. The molecule has 0 saturated carbocycles. The zero-order chi connectivity index (χ0) is 18.2. The molecule has 1 aromatic carbocycles. The van der Waals surface area contributed by atoms with Gasteiger partial charge in [0.15, 0.2) is 0 Å². The van der Waals surface area contributed by atoms with Gasteiger partial charge in [-0.05, 0) is 48.6 Å². The summed E-state index contributed by atoms with van der Waals surface area (Å²) in [6.45, 7) is 10.5. The molecule has 0 spiro atoms. The highest BCUT2D eigenvalue weighted by atomic mass is 16.1. The predicted octanol–water partition coefficient (Wildman–Crippen LogP) is 4.43. The van der Waals surface area contributed by atoms with Crippen LogP contribution in [0.1, 0.15) is 43.3 Å². The van der Waals surface area contributed by atoms with E-state index in [1.807, 2.05) is 48.7 Å². The molecular formula is C21H25N3O. The number of fused-ring (bicyclic) bond motifs is 1. The van der Waals surface area contributed by atoms with Crippen LogP contribution in [0.3, 0.4) is 0 Å². The maximum absolute atomic E-state index is 12.5. The Morgan fingerprint density at radius 1 is 1.12 bits per heavy atom. The molecule has 0 aliphatic rings. The summed E-state index contributed by atoms with van der Waals surface area (Å²) in [5, 5.41) is 2.99. The summed E-state index contributed by atoms with van der Waals surface area (Å²) < 4.78 is 2.01. The first kappa shape index (κ1) is 17.2. The van der Waals surface area contributed by atoms with Crippen molar-refractivity contribution in [1.29, 1.82) is 0 Å². The monoisotopic (exact) mass is 335 g/mol. The standard InChI is InChI=1S/C21H25N3O/c1-14-7-6-12-24-18(15(2)22-20(14)24)13-19(25)23-17-10-8-16(9-11-17)21(3,4)5/h6-12H,13H2,1-5H3,(H,23,25). The lowest BCUT2D eigenvalue weighted by Crippen LogP contribution is -2.16. The van der Waals surface area contributed by atoms with E-state index in [0.29, 0.717) is 6.42 Å². The number of aromatic nitrogens is 2. The molecule has 130 valence electrons. The van der Waals surface area contributed by atoms with Crippen LogP contribution in [-0.2, 0) is 16.6 Å². The van der Waals surface area contributed by atoms with Crippen molar-refractivity contribution in [2.24, 2.45) is 0 Å². The van der Waals surface area contributed by atoms with Gasteiger partial charge in [-0.15, -0.1) is 0 Å². The third-order valence-electron chi connectivity index (χ3n) is 4.51. The van der Waals surface area contributed by atoms with Crippen molar-refractivity contribution in [2.75, 3.05) is 5.32 Å². The van der Waals surface area contributed by atoms with Gasteiger partial charge < -0.3 is 9.72 Å².